The van der Waals surface area contributed by atoms with E-state index in [2.05, 4.69) is 5.32 Å². The van der Waals surface area contributed by atoms with Crippen molar-refractivity contribution in [3.63, 3.8) is 0 Å². The van der Waals surface area contributed by atoms with Crippen molar-refractivity contribution in [2.24, 2.45) is 0 Å². The first-order chi connectivity index (χ1) is 16.6. The van der Waals surface area contributed by atoms with Crippen molar-refractivity contribution < 1.29 is 22.7 Å². The molecule has 2 aromatic rings. The number of amides is 2. The van der Waals surface area contributed by atoms with E-state index in [9.17, 15) is 18.0 Å². The Balaban J connectivity index is 2.49. The van der Waals surface area contributed by atoms with Crippen LogP contribution in [0.25, 0.3) is 0 Å². The number of nitrogens with one attached hydrogen (secondary N) is 1. The number of benzene rings is 2. The lowest BCUT2D eigenvalue weighted by Crippen LogP contribution is -2.54. The Morgan fingerprint density at radius 3 is 2.22 bits per heavy atom. The highest BCUT2D eigenvalue weighted by Gasteiger charge is 2.32. The van der Waals surface area contributed by atoms with Crippen LogP contribution in [-0.4, -0.2) is 56.6 Å². The summed E-state index contributed by atoms with van der Waals surface area (Å²) in [4.78, 5) is 28.2. The van der Waals surface area contributed by atoms with Gasteiger partial charge in [-0.2, -0.15) is 0 Å². The van der Waals surface area contributed by atoms with Gasteiger partial charge in [0.15, 0.2) is 0 Å². The van der Waals surface area contributed by atoms with E-state index in [-0.39, 0.29) is 18.4 Å². The highest BCUT2D eigenvalue weighted by atomic mass is 32.2. The minimum atomic E-state index is -3.80. The van der Waals surface area contributed by atoms with Gasteiger partial charge in [0.2, 0.25) is 21.8 Å². The average Bonchev–Trinajstić information content (AvgIpc) is 2.78. The predicted octanol–water partition coefficient (Wildman–Crippen LogP) is 3.92. The number of hydrogen-bond donors (Lipinski definition) is 1. The van der Waals surface area contributed by atoms with Crippen molar-refractivity contribution in [1.82, 2.24) is 10.2 Å². The van der Waals surface area contributed by atoms with E-state index >= 15 is 0 Å². The van der Waals surface area contributed by atoms with E-state index in [0.29, 0.717) is 11.4 Å². The second-order valence-corrected chi connectivity index (χ2v) is 12.2. The summed E-state index contributed by atoms with van der Waals surface area (Å²) >= 11 is 0. The van der Waals surface area contributed by atoms with Crippen LogP contribution < -0.4 is 14.4 Å². The average molecular weight is 518 g/mol. The van der Waals surface area contributed by atoms with Gasteiger partial charge in [0.05, 0.1) is 19.1 Å². The van der Waals surface area contributed by atoms with Gasteiger partial charge in [-0.15, -0.1) is 0 Å². The molecule has 0 spiro atoms. The Bertz CT molecular complexity index is 1170. The summed E-state index contributed by atoms with van der Waals surface area (Å²) < 4.78 is 32.1. The molecule has 1 unspecified atom stereocenters. The molecule has 9 heteroatoms. The minimum absolute atomic E-state index is 0.0462. The van der Waals surface area contributed by atoms with E-state index < -0.39 is 34.1 Å². The van der Waals surface area contributed by atoms with Crippen LogP contribution in [0.15, 0.2) is 48.5 Å². The number of anilines is 1. The van der Waals surface area contributed by atoms with E-state index in [0.717, 1.165) is 21.7 Å². The van der Waals surface area contributed by atoms with E-state index in [1.807, 2.05) is 52.8 Å². The summed E-state index contributed by atoms with van der Waals surface area (Å²) in [6.07, 6.45) is 1.08. The first-order valence-electron chi connectivity index (χ1n) is 11.9. The topological polar surface area (TPSA) is 96.0 Å². The zero-order chi connectivity index (χ0) is 27.3. The third-order valence-electron chi connectivity index (χ3n) is 5.66. The molecule has 0 aromatic heterocycles. The van der Waals surface area contributed by atoms with Gasteiger partial charge in [0.25, 0.3) is 0 Å². The molecule has 0 saturated heterocycles. The smallest absolute Gasteiger partial charge is 0.244 e. The maximum absolute atomic E-state index is 13.7. The van der Waals surface area contributed by atoms with Gasteiger partial charge in [0.1, 0.15) is 18.3 Å². The van der Waals surface area contributed by atoms with E-state index in [1.165, 1.54) is 4.90 Å². The van der Waals surface area contributed by atoms with E-state index in [1.54, 1.807) is 44.4 Å². The quantitative estimate of drug-likeness (QED) is 0.515. The van der Waals surface area contributed by atoms with Gasteiger partial charge in [-0.05, 0) is 62.9 Å². The molecule has 2 rings (SSSR count). The van der Waals surface area contributed by atoms with E-state index in [4.69, 9.17) is 4.74 Å². The molecule has 0 heterocycles. The number of hydrogen-bond acceptors (Lipinski definition) is 5. The summed E-state index contributed by atoms with van der Waals surface area (Å²) in [5, 5.41) is 2.91. The maximum atomic E-state index is 13.7. The number of ether oxygens (including phenoxy) is 1. The number of para-hydroxylation sites is 1. The van der Waals surface area contributed by atoms with Crippen molar-refractivity contribution in [1.29, 1.82) is 0 Å². The van der Waals surface area contributed by atoms with Gasteiger partial charge in [-0.1, -0.05) is 44.2 Å². The third kappa shape index (κ3) is 7.98. The summed E-state index contributed by atoms with van der Waals surface area (Å²) in [7, 11) is -2.24. The molecule has 1 atom stereocenters. The predicted molar refractivity (Wildman–Crippen MR) is 144 cm³/mol. The van der Waals surface area contributed by atoms with Crippen molar-refractivity contribution in [3.8, 4) is 5.75 Å². The summed E-state index contributed by atoms with van der Waals surface area (Å²) in [5.74, 6) is -0.147. The van der Waals surface area contributed by atoms with Gasteiger partial charge >= 0.3 is 0 Å². The largest absolute Gasteiger partial charge is 0.497 e. The molecular weight excluding hydrogens is 478 g/mol. The number of sulfonamides is 1. The monoisotopic (exact) mass is 517 g/mol. The van der Waals surface area contributed by atoms with Crippen molar-refractivity contribution in [2.45, 2.75) is 65.6 Å². The van der Waals surface area contributed by atoms with Crippen LogP contribution in [0.2, 0.25) is 0 Å². The maximum Gasteiger partial charge on any atom is 0.244 e. The zero-order valence-electron chi connectivity index (χ0n) is 22.5. The lowest BCUT2D eigenvalue weighted by Gasteiger charge is -2.33. The number of carbonyl (C=O) groups excluding carboxylic acids is 2. The third-order valence-corrected chi connectivity index (χ3v) is 6.79. The van der Waals surface area contributed by atoms with Crippen molar-refractivity contribution >= 4 is 27.5 Å². The zero-order valence-corrected chi connectivity index (χ0v) is 23.3. The minimum Gasteiger partial charge on any atom is -0.497 e. The molecule has 0 radical (unpaired) electrons. The second kappa shape index (κ2) is 11.8. The Morgan fingerprint density at radius 1 is 1.03 bits per heavy atom. The lowest BCUT2D eigenvalue weighted by molar-refractivity contribution is -0.140. The molecule has 0 aliphatic heterocycles. The molecule has 0 aliphatic rings. The Kier molecular flexibility index (Phi) is 9.54. The molecule has 1 N–H and O–H groups in total. The van der Waals surface area contributed by atoms with Crippen LogP contribution in [0.3, 0.4) is 0 Å². The van der Waals surface area contributed by atoms with Gasteiger partial charge in [0, 0.05) is 12.1 Å². The van der Waals surface area contributed by atoms with Crippen LogP contribution in [0.1, 0.15) is 58.6 Å². The first-order valence-corrected chi connectivity index (χ1v) is 13.8. The molecule has 0 fully saturated rings. The number of methoxy groups -OCH3 is 1. The summed E-state index contributed by atoms with van der Waals surface area (Å²) in [5.41, 5.74) is 1.53. The molecule has 0 saturated carbocycles. The SMILES string of the molecule is COc1cccc(CN(C(=O)CN(c2ccccc2C(C)C)S(C)(=O)=O)C(C)C(=O)NC(C)(C)C)c1. The van der Waals surface area contributed by atoms with Crippen molar-refractivity contribution in [3.05, 3.63) is 59.7 Å². The molecule has 198 valence electrons. The molecule has 2 amide bonds. The van der Waals surface area contributed by atoms with Crippen LogP contribution in [-0.2, 0) is 26.2 Å². The Hall–Kier alpha value is -3.07. The lowest BCUT2D eigenvalue weighted by atomic mass is 10.0. The fraction of sp³-hybridized carbons (Fsp3) is 0.481. The number of nitrogens with zero attached hydrogens (tertiary/aromatic N) is 2. The Labute approximate surface area is 215 Å². The van der Waals surface area contributed by atoms with Crippen LogP contribution in [0.5, 0.6) is 5.75 Å². The van der Waals surface area contributed by atoms with Gasteiger partial charge < -0.3 is 15.0 Å². The molecule has 36 heavy (non-hydrogen) atoms. The van der Waals surface area contributed by atoms with Gasteiger partial charge in [-0.3, -0.25) is 13.9 Å². The highest BCUT2D eigenvalue weighted by Crippen LogP contribution is 2.29. The fourth-order valence-corrected chi connectivity index (χ4v) is 4.69. The number of carbonyl (C=O) groups is 2. The molecule has 2 aromatic carbocycles. The normalized spacial score (nSPS) is 12.7. The van der Waals surface area contributed by atoms with Crippen LogP contribution in [0.4, 0.5) is 5.69 Å². The second-order valence-electron chi connectivity index (χ2n) is 10.3. The standard InChI is InChI=1S/C27H39N3O5S/c1-19(2)23-14-9-10-15-24(23)30(36(8,33)34)18-25(31)29(20(3)26(32)28-27(4,5)6)17-21-12-11-13-22(16-21)35-7/h9-16,19-20H,17-18H2,1-8H3,(H,28,32). The van der Waals surface area contributed by atoms with Crippen molar-refractivity contribution in [2.75, 3.05) is 24.2 Å². The number of rotatable bonds is 10. The van der Waals surface area contributed by atoms with Gasteiger partial charge in [-0.25, -0.2) is 8.42 Å². The molecule has 0 aliphatic carbocycles. The van der Waals surface area contributed by atoms with Crippen LogP contribution in [0, 0.1) is 0 Å². The molecular formula is C27H39N3O5S. The summed E-state index contributed by atoms with van der Waals surface area (Å²) in [6, 6.07) is 13.5. The molecule has 8 nitrogen and oxygen atoms in total. The fourth-order valence-electron chi connectivity index (χ4n) is 3.82. The first kappa shape index (κ1) is 29.2. The highest BCUT2D eigenvalue weighted by molar-refractivity contribution is 7.92. The Morgan fingerprint density at radius 2 is 1.67 bits per heavy atom. The summed E-state index contributed by atoms with van der Waals surface area (Å²) in [6.45, 7) is 10.8. The molecule has 0 bridgehead atoms. The van der Waals surface area contributed by atoms with Crippen LogP contribution >= 0.6 is 0 Å².